The molecule has 33 heavy (non-hydrogen) atoms. The molecule has 5 aromatic rings. The summed E-state index contributed by atoms with van der Waals surface area (Å²) in [5.41, 5.74) is 2.53. The fraction of sp³-hybridized carbons (Fsp3) is 0.185. The van der Waals surface area contributed by atoms with Crippen molar-refractivity contribution in [1.29, 1.82) is 0 Å². The van der Waals surface area contributed by atoms with Crippen molar-refractivity contribution in [2.75, 3.05) is 11.9 Å². The minimum atomic E-state index is -0.684. The molecule has 0 bridgehead atoms. The molecule has 6 nitrogen and oxygen atoms in total. The SMILES string of the molecule is CCCOc1ccc2cc(C(=O)Nc3ccc4c(c3)c3ccccc3n4CC)c(=O)oc2c1. The molecule has 0 fully saturated rings. The van der Waals surface area contributed by atoms with Crippen molar-refractivity contribution in [3.05, 3.63) is 82.7 Å². The van der Waals surface area contributed by atoms with E-state index in [1.807, 2.05) is 37.3 Å². The number of fused-ring (bicyclic) bond motifs is 4. The molecule has 3 aromatic carbocycles. The number of anilines is 1. The Labute approximate surface area is 190 Å². The van der Waals surface area contributed by atoms with E-state index in [-0.39, 0.29) is 5.56 Å². The Balaban J connectivity index is 1.48. The number of benzene rings is 3. The van der Waals surface area contributed by atoms with Crippen LogP contribution in [0.15, 0.2) is 75.9 Å². The molecule has 0 radical (unpaired) electrons. The van der Waals surface area contributed by atoms with E-state index in [0.29, 0.717) is 29.0 Å². The first-order chi connectivity index (χ1) is 16.1. The molecular weight excluding hydrogens is 416 g/mol. The molecule has 0 atom stereocenters. The van der Waals surface area contributed by atoms with Crippen LogP contribution in [0.1, 0.15) is 30.6 Å². The van der Waals surface area contributed by atoms with Crippen molar-refractivity contribution in [2.45, 2.75) is 26.8 Å². The van der Waals surface area contributed by atoms with Crippen molar-refractivity contribution in [1.82, 2.24) is 4.57 Å². The summed E-state index contributed by atoms with van der Waals surface area (Å²) in [6, 6.07) is 20.8. The molecule has 5 rings (SSSR count). The van der Waals surface area contributed by atoms with Crippen molar-refractivity contribution >= 4 is 44.4 Å². The Kier molecular flexibility index (Phi) is 5.34. The zero-order valence-corrected chi connectivity index (χ0v) is 18.6. The highest BCUT2D eigenvalue weighted by Crippen LogP contribution is 2.31. The summed E-state index contributed by atoms with van der Waals surface area (Å²) in [4.78, 5) is 25.5. The highest BCUT2D eigenvalue weighted by molar-refractivity contribution is 6.11. The van der Waals surface area contributed by atoms with Gasteiger partial charge in [0.15, 0.2) is 0 Å². The van der Waals surface area contributed by atoms with E-state index in [2.05, 4.69) is 28.9 Å². The molecule has 0 aliphatic carbocycles. The maximum Gasteiger partial charge on any atom is 0.349 e. The van der Waals surface area contributed by atoms with E-state index >= 15 is 0 Å². The molecule has 1 amide bonds. The molecule has 166 valence electrons. The number of nitrogens with zero attached hydrogens (tertiary/aromatic N) is 1. The van der Waals surface area contributed by atoms with Crippen LogP contribution < -0.4 is 15.7 Å². The fourth-order valence-corrected chi connectivity index (χ4v) is 4.23. The summed E-state index contributed by atoms with van der Waals surface area (Å²) < 4.78 is 13.3. The number of aryl methyl sites for hydroxylation is 1. The number of carbonyl (C=O) groups excluding carboxylic acids is 1. The van der Waals surface area contributed by atoms with Crippen LogP contribution >= 0.6 is 0 Å². The highest BCUT2D eigenvalue weighted by Gasteiger charge is 2.16. The number of rotatable bonds is 6. The molecule has 0 aliphatic rings. The molecule has 1 N–H and O–H groups in total. The smallest absolute Gasteiger partial charge is 0.349 e. The summed E-state index contributed by atoms with van der Waals surface area (Å²) in [7, 11) is 0. The Morgan fingerprint density at radius 3 is 2.61 bits per heavy atom. The van der Waals surface area contributed by atoms with Crippen molar-refractivity contribution in [3.63, 3.8) is 0 Å². The summed E-state index contributed by atoms with van der Waals surface area (Å²) >= 11 is 0. The first-order valence-electron chi connectivity index (χ1n) is 11.1. The molecule has 0 saturated carbocycles. The molecular formula is C27H24N2O4. The third-order valence-electron chi connectivity index (χ3n) is 5.77. The van der Waals surface area contributed by atoms with Gasteiger partial charge in [-0.2, -0.15) is 0 Å². The van der Waals surface area contributed by atoms with Crippen LogP contribution in [0.3, 0.4) is 0 Å². The summed E-state index contributed by atoms with van der Waals surface area (Å²) in [6.45, 7) is 5.56. The molecule has 0 saturated heterocycles. The molecule has 6 heteroatoms. The fourth-order valence-electron chi connectivity index (χ4n) is 4.23. The molecule has 2 aromatic heterocycles. The number of hydrogen-bond donors (Lipinski definition) is 1. The zero-order valence-electron chi connectivity index (χ0n) is 18.6. The average molecular weight is 440 g/mol. The maximum absolute atomic E-state index is 12.9. The Bertz CT molecular complexity index is 1560. The van der Waals surface area contributed by atoms with E-state index in [1.54, 1.807) is 24.3 Å². The van der Waals surface area contributed by atoms with Crippen LogP contribution in [0, 0.1) is 0 Å². The predicted molar refractivity (Wildman–Crippen MR) is 131 cm³/mol. The first-order valence-corrected chi connectivity index (χ1v) is 11.1. The summed E-state index contributed by atoms with van der Waals surface area (Å²) in [5, 5.41) is 5.69. The number of aromatic nitrogens is 1. The first kappa shape index (κ1) is 20.8. The van der Waals surface area contributed by atoms with Gasteiger partial charge < -0.3 is 19.0 Å². The Hall–Kier alpha value is -4.06. The van der Waals surface area contributed by atoms with Crippen LogP contribution in [0.5, 0.6) is 5.75 Å². The second-order valence-electron chi connectivity index (χ2n) is 7.94. The van der Waals surface area contributed by atoms with E-state index in [0.717, 1.165) is 34.8 Å². The van der Waals surface area contributed by atoms with Gasteiger partial charge in [-0.1, -0.05) is 25.1 Å². The third kappa shape index (κ3) is 3.74. The second kappa shape index (κ2) is 8.47. The summed E-state index contributed by atoms with van der Waals surface area (Å²) in [5.74, 6) is 0.125. The molecule has 0 spiro atoms. The quantitative estimate of drug-likeness (QED) is 0.331. The number of amides is 1. The number of carbonyl (C=O) groups is 1. The van der Waals surface area contributed by atoms with Crippen LogP contribution in [-0.2, 0) is 6.54 Å². The lowest BCUT2D eigenvalue weighted by atomic mass is 10.1. The molecule has 0 aliphatic heterocycles. The van der Waals surface area contributed by atoms with Gasteiger partial charge in [0.1, 0.15) is 16.9 Å². The van der Waals surface area contributed by atoms with E-state index in [4.69, 9.17) is 9.15 Å². The minimum absolute atomic E-state index is 0.0409. The van der Waals surface area contributed by atoms with Gasteiger partial charge in [-0.25, -0.2) is 4.79 Å². The number of nitrogens with one attached hydrogen (secondary N) is 1. The van der Waals surface area contributed by atoms with Crippen LogP contribution in [-0.4, -0.2) is 17.1 Å². The number of hydrogen-bond acceptors (Lipinski definition) is 4. The van der Waals surface area contributed by atoms with Gasteiger partial charge >= 0.3 is 5.63 Å². The number of ether oxygens (including phenoxy) is 1. The summed E-state index contributed by atoms with van der Waals surface area (Å²) in [6.07, 6.45) is 0.881. The van der Waals surface area contributed by atoms with Gasteiger partial charge in [0.25, 0.3) is 5.91 Å². The molecule has 2 heterocycles. The lowest BCUT2D eigenvalue weighted by Gasteiger charge is -2.08. The standard InChI is InChI=1S/C27H24N2O4/c1-3-13-32-19-11-9-17-14-22(27(31)33-25(17)16-19)26(30)28-18-10-12-24-21(15-18)20-7-5-6-8-23(20)29(24)4-2/h5-12,14-16H,3-4,13H2,1-2H3,(H,28,30). The minimum Gasteiger partial charge on any atom is -0.493 e. The molecule has 0 unspecified atom stereocenters. The highest BCUT2D eigenvalue weighted by atomic mass is 16.5. The Morgan fingerprint density at radius 1 is 0.970 bits per heavy atom. The van der Waals surface area contributed by atoms with Crippen LogP contribution in [0.4, 0.5) is 5.69 Å². The Morgan fingerprint density at radius 2 is 1.79 bits per heavy atom. The van der Waals surface area contributed by atoms with Gasteiger partial charge in [-0.05, 0) is 55.8 Å². The van der Waals surface area contributed by atoms with Crippen molar-refractivity contribution in [3.8, 4) is 5.75 Å². The van der Waals surface area contributed by atoms with E-state index in [1.165, 1.54) is 0 Å². The van der Waals surface area contributed by atoms with Crippen LogP contribution in [0.2, 0.25) is 0 Å². The maximum atomic E-state index is 12.9. The van der Waals surface area contributed by atoms with Gasteiger partial charge in [-0.3, -0.25) is 4.79 Å². The third-order valence-corrected chi connectivity index (χ3v) is 5.77. The zero-order chi connectivity index (χ0) is 22.9. The lowest BCUT2D eigenvalue weighted by molar-refractivity contribution is 0.102. The second-order valence-corrected chi connectivity index (χ2v) is 7.94. The largest absolute Gasteiger partial charge is 0.493 e. The monoisotopic (exact) mass is 440 g/mol. The van der Waals surface area contributed by atoms with Gasteiger partial charge in [0.05, 0.1) is 6.61 Å². The topological polar surface area (TPSA) is 73.5 Å². The lowest BCUT2D eigenvalue weighted by Crippen LogP contribution is -2.20. The van der Waals surface area contributed by atoms with Gasteiger partial charge in [-0.15, -0.1) is 0 Å². The van der Waals surface area contributed by atoms with Crippen LogP contribution in [0.25, 0.3) is 32.8 Å². The van der Waals surface area contributed by atoms with E-state index < -0.39 is 11.5 Å². The van der Waals surface area contributed by atoms with E-state index in [9.17, 15) is 9.59 Å². The predicted octanol–water partition coefficient (Wildman–Crippen LogP) is 5.96. The van der Waals surface area contributed by atoms with Crippen molar-refractivity contribution in [2.24, 2.45) is 0 Å². The average Bonchev–Trinajstić information content (AvgIpc) is 3.15. The van der Waals surface area contributed by atoms with Crippen molar-refractivity contribution < 1.29 is 13.9 Å². The normalized spacial score (nSPS) is 11.3. The number of para-hydroxylation sites is 1. The van der Waals surface area contributed by atoms with Gasteiger partial charge in [0, 0.05) is 45.5 Å². The van der Waals surface area contributed by atoms with Gasteiger partial charge in [0.2, 0.25) is 0 Å².